The lowest BCUT2D eigenvalue weighted by Gasteiger charge is -2.41. The Labute approximate surface area is 124 Å². The summed E-state index contributed by atoms with van der Waals surface area (Å²) in [7, 11) is 2.15. The minimum Gasteiger partial charge on any atom is -0.390 e. The van der Waals surface area contributed by atoms with Gasteiger partial charge in [0.2, 0.25) is 0 Å². The van der Waals surface area contributed by atoms with Crippen molar-refractivity contribution < 1.29 is 5.11 Å². The van der Waals surface area contributed by atoms with Crippen LogP contribution in [0.1, 0.15) is 17.3 Å². The lowest BCUT2D eigenvalue weighted by molar-refractivity contribution is 0.267. The largest absolute Gasteiger partial charge is 0.390 e. The second-order valence-corrected chi connectivity index (χ2v) is 5.41. The van der Waals surface area contributed by atoms with E-state index in [9.17, 15) is 0 Å². The minimum atomic E-state index is -0.0713. The van der Waals surface area contributed by atoms with E-state index in [0.29, 0.717) is 5.69 Å². The highest BCUT2D eigenvalue weighted by molar-refractivity contribution is 5.42. The molecule has 1 aliphatic rings. The highest BCUT2D eigenvalue weighted by atomic mass is 16.3. The molecular weight excluding hydrogens is 264 g/mol. The van der Waals surface area contributed by atoms with Crippen LogP contribution in [0.25, 0.3) is 0 Å². The maximum Gasteiger partial charge on any atom is 0.147 e. The number of rotatable bonds is 3. The Kier molecular flexibility index (Phi) is 4.13. The Hall–Kier alpha value is -1.98. The fourth-order valence-corrected chi connectivity index (χ4v) is 2.73. The molecule has 1 fully saturated rings. The van der Waals surface area contributed by atoms with E-state index in [0.717, 1.165) is 25.5 Å². The van der Waals surface area contributed by atoms with Crippen LogP contribution in [0.5, 0.6) is 0 Å². The minimum absolute atomic E-state index is 0.0713. The molecule has 0 amide bonds. The molecule has 2 aromatic rings. The van der Waals surface area contributed by atoms with Gasteiger partial charge in [0.25, 0.3) is 0 Å². The first-order chi connectivity index (χ1) is 10.3. The van der Waals surface area contributed by atoms with E-state index in [4.69, 9.17) is 5.11 Å². The number of aliphatic hydroxyl groups excluding tert-OH is 1. The molecule has 1 atom stereocenters. The molecule has 1 saturated heterocycles. The molecule has 1 aliphatic heterocycles. The molecule has 0 spiro atoms. The topological polar surface area (TPSA) is 52.5 Å². The van der Waals surface area contributed by atoms with Crippen molar-refractivity contribution >= 4 is 5.82 Å². The second kappa shape index (κ2) is 6.20. The zero-order valence-electron chi connectivity index (χ0n) is 12.2. The Balaban J connectivity index is 1.90. The lowest BCUT2D eigenvalue weighted by Crippen LogP contribution is -2.47. The SMILES string of the molecule is CN1CCN(c2cnc(CO)cn2)C(c2ccccc2)C1. The molecule has 110 valence electrons. The lowest BCUT2D eigenvalue weighted by atomic mass is 10.0. The molecule has 2 heterocycles. The fraction of sp³-hybridized carbons (Fsp3) is 0.375. The molecule has 1 unspecified atom stereocenters. The van der Waals surface area contributed by atoms with Gasteiger partial charge in [0, 0.05) is 19.6 Å². The number of aromatic nitrogens is 2. The van der Waals surface area contributed by atoms with Crippen LogP contribution in [0, 0.1) is 0 Å². The molecule has 1 aromatic heterocycles. The first-order valence-electron chi connectivity index (χ1n) is 7.20. The summed E-state index contributed by atoms with van der Waals surface area (Å²) in [6.07, 6.45) is 3.41. The van der Waals surface area contributed by atoms with Crippen molar-refractivity contribution in [3.8, 4) is 0 Å². The van der Waals surface area contributed by atoms with Crippen molar-refractivity contribution in [2.45, 2.75) is 12.6 Å². The number of benzene rings is 1. The highest BCUT2D eigenvalue weighted by Crippen LogP contribution is 2.28. The van der Waals surface area contributed by atoms with E-state index in [2.05, 4.69) is 51.1 Å². The molecule has 5 nitrogen and oxygen atoms in total. The quantitative estimate of drug-likeness (QED) is 0.925. The van der Waals surface area contributed by atoms with Crippen molar-refractivity contribution in [1.29, 1.82) is 0 Å². The van der Waals surface area contributed by atoms with E-state index in [1.807, 2.05) is 6.07 Å². The monoisotopic (exact) mass is 284 g/mol. The van der Waals surface area contributed by atoms with E-state index in [-0.39, 0.29) is 12.6 Å². The summed E-state index contributed by atoms with van der Waals surface area (Å²) in [5.41, 5.74) is 1.89. The third-order valence-electron chi connectivity index (χ3n) is 3.92. The summed E-state index contributed by atoms with van der Waals surface area (Å²) < 4.78 is 0. The number of hydrogen-bond acceptors (Lipinski definition) is 5. The predicted molar refractivity (Wildman–Crippen MR) is 82.0 cm³/mol. The molecule has 0 aliphatic carbocycles. The van der Waals surface area contributed by atoms with Gasteiger partial charge < -0.3 is 14.9 Å². The Morgan fingerprint density at radius 1 is 1.14 bits per heavy atom. The van der Waals surface area contributed by atoms with Crippen LogP contribution in [0.15, 0.2) is 42.7 Å². The van der Waals surface area contributed by atoms with Crippen LogP contribution in [0.3, 0.4) is 0 Å². The molecule has 1 aromatic carbocycles. The van der Waals surface area contributed by atoms with Crippen molar-refractivity contribution in [1.82, 2.24) is 14.9 Å². The number of nitrogens with zero attached hydrogens (tertiary/aromatic N) is 4. The summed E-state index contributed by atoms with van der Waals surface area (Å²) in [6.45, 7) is 2.82. The molecule has 21 heavy (non-hydrogen) atoms. The van der Waals surface area contributed by atoms with Crippen LogP contribution in [0.2, 0.25) is 0 Å². The van der Waals surface area contributed by atoms with Crippen molar-refractivity contribution in [2.75, 3.05) is 31.6 Å². The highest BCUT2D eigenvalue weighted by Gasteiger charge is 2.27. The van der Waals surface area contributed by atoms with Crippen molar-refractivity contribution in [2.24, 2.45) is 0 Å². The maximum atomic E-state index is 9.08. The second-order valence-electron chi connectivity index (χ2n) is 5.41. The number of piperazine rings is 1. The van der Waals surface area contributed by atoms with Gasteiger partial charge in [-0.25, -0.2) is 4.98 Å². The number of aliphatic hydroxyl groups is 1. The summed E-state index contributed by atoms with van der Waals surface area (Å²) >= 11 is 0. The molecule has 0 radical (unpaired) electrons. The third kappa shape index (κ3) is 3.04. The van der Waals surface area contributed by atoms with Crippen molar-refractivity contribution in [3.63, 3.8) is 0 Å². The molecular formula is C16H20N4O. The van der Waals surface area contributed by atoms with Crippen LogP contribution < -0.4 is 4.90 Å². The van der Waals surface area contributed by atoms with Crippen LogP contribution >= 0.6 is 0 Å². The van der Waals surface area contributed by atoms with Gasteiger partial charge in [0.1, 0.15) is 5.82 Å². The van der Waals surface area contributed by atoms with Crippen LogP contribution in [-0.4, -0.2) is 46.7 Å². The first kappa shape index (κ1) is 14.0. The normalized spacial score (nSPS) is 19.7. The average molecular weight is 284 g/mol. The smallest absolute Gasteiger partial charge is 0.147 e. The summed E-state index contributed by atoms with van der Waals surface area (Å²) in [6, 6.07) is 10.8. The predicted octanol–water partition coefficient (Wildman–Crippen LogP) is 1.46. The standard InChI is InChI=1S/C16H20N4O/c1-19-7-8-20(16-10-17-14(12-21)9-18-16)15(11-19)13-5-3-2-4-6-13/h2-6,9-10,15,21H,7-8,11-12H2,1H3. The number of anilines is 1. The zero-order valence-corrected chi connectivity index (χ0v) is 12.2. The van der Waals surface area contributed by atoms with E-state index >= 15 is 0 Å². The van der Waals surface area contributed by atoms with Gasteiger partial charge in [-0.2, -0.15) is 0 Å². The first-order valence-corrected chi connectivity index (χ1v) is 7.20. The van der Waals surface area contributed by atoms with Gasteiger partial charge in [-0.15, -0.1) is 0 Å². The average Bonchev–Trinajstić information content (AvgIpc) is 2.56. The van der Waals surface area contributed by atoms with Gasteiger partial charge in [-0.05, 0) is 12.6 Å². The summed E-state index contributed by atoms with van der Waals surface area (Å²) in [5, 5.41) is 9.08. The zero-order chi connectivity index (χ0) is 14.7. The van der Waals surface area contributed by atoms with Crippen molar-refractivity contribution in [3.05, 3.63) is 54.0 Å². The molecule has 0 bridgehead atoms. The molecule has 5 heteroatoms. The molecule has 1 N–H and O–H groups in total. The molecule has 0 saturated carbocycles. The van der Waals surface area contributed by atoms with E-state index in [1.54, 1.807) is 12.4 Å². The number of likely N-dealkylation sites (N-methyl/N-ethyl adjacent to an activating group) is 1. The Bertz CT molecular complexity index is 573. The molecule has 3 rings (SSSR count). The summed E-state index contributed by atoms with van der Waals surface area (Å²) in [4.78, 5) is 13.3. The van der Waals surface area contributed by atoms with Gasteiger partial charge in [0.15, 0.2) is 0 Å². The van der Waals surface area contributed by atoms with Gasteiger partial charge in [-0.3, -0.25) is 4.98 Å². The summed E-state index contributed by atoms with van der Waals surface area (Å²) in [5.74, 6) is 0.870. The van der Waals surface area contributed by atoms with Gasteiger partial charge in [-0.1, -0.05) is 30.3 Å². The Morgan fingerprint density at radius 3 is 2.62 bits per heavy atom. The van der Waals surface area contributed by atoms with E-state index < -0.39 is 0 Å². The van der Waals surface area contributed by atoms with Crippen LogP contribution in [-0.2, 0) is 6.61 Å². The fourth-order valence-electron chi connectivity index (χ4n) is 2.73. The van der Waals surface area contributed by atoms with Gasteiger partial charge in [0.05, 0.1) is 30.7 Å². The number of hydrogen-bond donors (Lipinski definition) is 1. The van der Waals surface area contributed by atoms with Crippen LogP contribution in [0.4, 0.5) is 5.82 Å². The van der Waals surface area contributed by atoms with E-state index in [1.165, 1.54) is 5.56 Å². The Morgan fingerprint density at radius 2 is 1.95 bits per heavy atom. The maximum absolute atomic E-state index is 9.08. The third-order valence-corrected chi connectivity index (χ3v) is 3.92. The van der Waals surface area contributed by atoms with Gasteiger partial charge >= 0.3 is 0 Å².